The Morgan fingerprint density at radius 2 is 2.14 bits per heavy atom. The van der Waals surface area contributed by atoms with Gasteiger partial charge in [0.15, 0.2) is 0 Å². The molecule has 0 radical (unpaired) electrons. The third-order valence-corrected chi connectivity index (χ3v) is 2.59. The summed E-state index contributed by atoms with van der Waals surface area (Å²) in [4.78, 5) is 11.1. The lowest BCUT2D eigenvalue weighted by Gasteiger charge is -2.21. The summed E-state index contributed by atoms with van der Waals surface area (Å²) in [5.41, 5.74) is 0. The molecule has 0 aromatic rings. The topological polar surface area (TPSA) is 38.3 Å². The first-order valence-electron chi connectivity index (χ1n) is 4.84. The van der Waals surface area contributed by atoms with Crippen molar-refractivity contribution >= 4 is 28.7 Å². The second-order valence-electron chi connectivity index (χ2n) is 3.28. The first kappa shape index (κ1) is 11.6. The van der Waals surface area contributed by atoms with Crippen molar-refractivity contribution in [3.05, 3.63) is 0 Å². The monoisotopic (exact) mass is 307 g/mol. The summed E-state index contributed by atoms with van der Waals surface area (Å²) < 4.78 is 5.34. The summed E-state index contributed by atoms with van der Waals surface area (Å²) >= 11 is 2.10. The molecule has 0 aliphatic heterocycles. The van der Waals surface area contributed by atoms with E-state index in [0.717, 1.165) is 12.8 Å². The minimum absolute atomic E-state index is 0.289. The smallest absolute Gasteiger partial charge is 0.356 e. The van der Waals surface area contributed by atoms with Gasteiger partial charge in [0, 0.05) is 6.04 Å². The van der Waals surface area contributed by atoms with Gasteiger partial charge in [-0.15, -0.1) is 0 Å². The van der Waals surface area contributed by atoms with Crippen LogP contribution in [0, 0.1) is 12.0 Å². The molecule has 0 bridgehead atoms. The number of nitrogens with one attached hydrogen (secondary N) is 1. The van der Waals surface area contributed by atoms with Crippen molar-refractivity contribution in [3.8, 4) is 12.0 Å². The third kappa shape index (κ3) is 4.70. The van der Waals surface area contributed by atoms with Crippen LogP contribution in [-0.2, 0) is 4.74 Å². The average Bonchev–Trinajstić information content (AvgIpc) is 2.20. The highest BCUT2D eigenvalue weighted by Gasteiger charge is 2.15. The summed E-state index contributed by atoms with van der Waals surface area (Å²) in [6.45, 7) is 0. The Bertz CT molecular complexity index is 238. The summed E-state index contributed by atoms with van der Waals surface area (Å²) in [6.07, 6.45) is 7.75. The summed E-state index contributed by atoms with van der Waals surface area (Å²) in [5.74, 6) is 2.67. The minimum atomic E-state index is -0.408. The van der Waals surface area contributed by atoms with Crippen LogP contribution in [0.5, 0.6) is 0 Å². The fourth-order valence-electron chi connectivity index (χ4n) is 1.55. The van der Waals surface area contributed by atoms with Crippen LogP contribution in [0.3, 0.4) is 0 Å². The van der Waals surface area contributed by atoms with Crippen LogP contribution < -0.4 is 5.32 Å². The van der Waals surface area contributed by atoms with Gasteiger partial charge in [-0.25, -0.2) is 4.79 Å². The van der Waals surface area contributed by atoms with Crippen LogP contribution in [-0.4, -0.2) is 16.6 Å². The highest BCUT2D eigenvalue weighted by atomic mass is 127. The zero-order valence-electron chi connectivity index (χ0n) is 8.01. The van der Waals surface area contributed by atoms with Crippen molar-refractivity contribution in [2.45, 2.75) is 38.1 Å². The van der Waals surface area contributed by atoms with E-state index in [2.05, 4.69) is 44.7 Å². The van der Waals surface area contributed by atoms with Gasteiger partial charge in [-0.05, 0) is 18.8 Å². The van der Waals surface area contributed by atoms with Gasteiger partial charge >= 0.3 is 6.09 Å². The average molecular weight is 307 g/mol. The number of carbonyl (C=O) groups is 1. The van der Waals surface area contributed by atoms with Gasteiger partial charge in [0.25, 0.3) is 0 Å². The Hall–Kier alpha value is -0.440. The summed E-state index contributed by atoms with van der Waals surface area (Å²) in [6, 6.07) is 0.289. The maximum absolute atomic E-state index is 11.1. The lowest BCUT2D eigenvalue weighted by molar-refractivity contribution is 0.183. The second-order valence-corrected chi connectivity index (χ2v) is 4.04. The van der Waals surface area contributed by atoms with E-state index >= 15 is 0 Å². The highest BCUT2D eigenvalue weighted by molar-refractivity contribution is 14.1. The number of hydrogen-bond acceptors (Lipinski definition) is 2. The zero-order chi connectivity index (χ0) is 10.2. The number of carbonyl (C=O) groups excluding carboxylic acids is 1. The van der Waals surface area contributed by atoms with Crippen LogP contribution in [0.1, 0.15) is 32.1 Å². The Morgan fingerprint density at radius 1 is 1.43 bits per heavy atom. The Morgan fingerprint density at radius 3 is 2.79 bits per heavy atom. The second kappa shape index (κ2) is 6.93. The first-order valence-corrected chi connectivity index (χ1v) is 6.36. The molecule has 1 saturated carbocycles. The quantitative estimate of drug-likeness (QED) is 0.459. The van der Waals surface area contributed by atoms with Crippen molar-refractivity contribution in [3.63, 3.8) is 0 Å². The molecule has 0 saturated heterocycles. The molecular weight excluding hydrogens is 293 g/mol. The normalized spacial score (nSPS) is 16.6. The number of amides is 1. The van der Waals surface area contributed by atoms with Gasteiger partial charge < -0.3 is 10.1 Å². The molecule has 78 valence electrons. The van der Waals surface area contributed by atoms with Crippen LogP contribution in [0.2, 0.25) is 0 Å². The van der Waals surface area contributed by atoms with E-state index in [1.807, 2.05) is 0 Å². The minimum Gasteiger partial charge on any atom is -0.356 e. The molecule has 0 aromatic heterocycles. The van der Waals surface area contributed by atoms with Crippen LogP contribution in [0.4, 0.5) is 4.79 Å². The Balaban J connectivity index is 2.18. The molecule has 0 atom stereocenters. The molecule has 1 fully saturated rings. The first-order chi connectivity index (χ1) is 6.83. The van der Waals surface area contributed by atoms with Crippen molar-refractivity contribution in [1.82, 2.24) is 5.32 Å². The molecule has 1 aliphatic carbocycles. The molecule has 1 rings (SSSR count). The highest BCUT2D eigenvalue weighted by Crippen LogP contribution is 2.17. The van der Waals surface area contributed by atoms with Gasteiger partial charge in [-0.2, -0.15) is 0 Å². The maximum Gasteiger partial charge on any atom is 0.421 e. The fraction of sp³-hybridized carbons (Fsp3) is 0.700. The molecule has 0 heterocycles. The number of alkyl halides is 1. The van der Waals surface area contributed by atoms with Gasteiger partial charge in [-0.3, -0.25) is 0 Å². The number of ether oxygens (including phenoxy) is 1. The maximum atomic E-state index is 11.1. The fourth-order valence-corrected chi connectivity index (χ4v) is 1.71. The molecule has 1 aliphatic rings. The van der Waals surface area contributed by atoms with Crippen molar-refractivity contribution in [1.29, 1.82) is 0 Å². The molecule has 0 spiro atoms. The molecule has 1 amide bonds. The van der Waals surface area contributed by atoms with E-state index in [0.29, 0.717) is 4.43 Å². The molecule has 3 nitrogen and oxygen atoms in total. The molecule has 4 heteroatoms. The van der Waals surface area contributed by atoms with Crippen molar-refractivity contribution in [2.24, 2.45) is 0 Å². The van der Waals surface area contributed by atoms with Crippen LogP contribution in [0.25, 0.3) is 0 Å². The SMILES string of the molecule is O=C(NC1CCCCC1)OC#CCI. The molecular formula is C10H14INO2. The van der Waals surface area contributed by atoms with Gasteiger partial charge in [0.2, 0.25) is 0 Å². The van der Waals surface area contributed by atoms with E-state index in [9.17, 15) is 4.79 Å². The number of hydrogen-bond donors (Lipinski definition) is 1. The van der Waals surface area contributed by atoms with E-state index in [-0.39, 0.29) is 6.04 Å². The number of halogens is 1. The molecule has 0 aromatic carbocycles. The molecule has 14 heavy (non-hydrogen) atoms. The summed E-state index contributed by atoms with van der Waals surface area (Å²) in [5, 5.41) is 2.81. The number of rotatable bonds is 1. The van der Waals surface area contributed by atoms with Crippen LogP contribution >= 0.6 is 22.6 Å². The van der Waals surface area contributed by atoms with E-state index in [4.69, 9.17) is 0 Å². The van der Waals surface area contributed by atoms with E-state index < -0.39 is 6.09 Å². The molecule has 1 N–H and O–H groups in total. The Labute approximate surface area is 98.1 Å². The van der Waals surface area contributed by atoms with Crippen molar-refractivity contribution in [2.75, 3.05) is 4.43 Å². The van der Waals surface area contributed by atoms with Gasteiger partial charge in [-0.1, -0.05) is 41.9 Å². The number of alkyl carbamates (subject to hydrolysis) is 1. The van der Waals surface area contributed by atoms with E-state index in [1.165, 1.54) is 19.3 Å². The Kier molecular flexibility index (Phi) is 5.76. The third-order valence-electron chi connectivity index (χ3n) is 2.21. The van der Waals surface area contributed by atoms with Gasteiger partial charge in [0.1, 0.15) is 6.11 Å². The molecule has 0 unspecified atom stereocenters. The zero-order valence-corrected chi connectivity index (χ0v) is 10.2. The van der Waals surface area contributed by atoms with Crippen molar-refractivity contribution < 1.29 is 9.53 Å². The predicted octanol–water partition coefficient (Wildman–Crippen LogP) is 2.44. The summed E-state index contributed by atoms with van der Waals surface area (Å²) in [7, 11) is 0. The van der Waals surface area contributed by atoms with Crippen LogP contribution in [0.15, 0.2) is 0 Å². The van der Waals surface area contributed by atoms with Gasteiger partial charge in [0.05, 0.1) is 4.43 Å². The lowest BCUT2D eigenvalue weighted by Crippen LogP contribution is -2.35. The largest absolute Gasteiger partial charge is 0.421 e. The standard InChI is InChI=1S/C10H14INO2/c11-7-4-8-14-10(13)12-9-5-2-1-3-6-9/h9H,1-3,5-7H2,(H,12,13). The van der Waals surface area contributed by atoms with E-state index in [1.54, 1.807) is 0 Å². The lowest BCUT2D eigenvalue weighted by atomic mass is 9.96. The predicted molar refractivity (Wildman–Crippen MR) is 63.2 cm³/mol.